The molecule has 2 aromatic carbocycles. The summed E-state index contributed by atoms with van der Waals surface area (Å²) in [6.45, 7) is 0. The minimum absolute atomic E-state index is 0. The standard InChI is InChI=1S/C16H15N5O3S2.ClH/c17-26(23,24)13-8-6-12(7-9-13)20-15(22)14(11-4-2-1-3-5-11)25-16-18-10-19-21-16;/h1-10,14H,(H,20,22)(H2,17,23,24)(H,18,19,21);1H. The minimum atomic E-state index is -3.78. The lowest BCUT2D eigenvalue weighted by molar-refractivity contribution is -0.115. The van der Waals surface area contributed by atoms with Gasteiger partial charge in [0.2, 0.25) is 15.9 Å². The van der Waals surface area contributed by atoms with Crippen LogP contribution in [0.1, 0.15) is 10.8 Å². The molecule has 0 bridgehead atoms. The Balaban J connectivity index is 0.00000261. The Morgan fingerprint density at radius 2 is 1.78 bits per heavy atom. The highest BCUT2D eigenvalue weighted by Gasteiger charge is 2.23. The molecule has 27 heavy (non-hydrogen) atoms. The molecular weight excluding hydrogens is 410 g/mol. The molecule has 1 atom stereocenters. The van der Waals surface area contributed by atoms with Crippen molar-refractivity contribution >= 4 is 45.8 Å². The summed E-state index contributed by atoms with van der Waals surface area (Å²) in [7, 11) is -3.78. The molecule has 0 saturated carbocycles. The number of anilines is 1. The summed E-state index contributed by atoms with van der Waals surface area (Å²) in [5, 5.41) is 14.3. The van der Waals surface area contributed by atoms with Crippen LogP contribution >= 0.6 is 24.2 Å². The van der Waals surface area contributed by atoms with Crippen LogP contribution in [0, 0.1) is 0 Å². The summed E-state index contributed by atoms with van der Waals surface area (Å²) in [5.41, 5.74) is 1.26. The van der Waals surface area contributed by atoms with Gasteiger partial charge in [-0.25, -0.2) is 18.5 Å². The summed E-state index contributed by atoms with van der Waals surface area (Å²) in [6.07, 6.45) is 1.37. The fraction of sp³-hybridized carbons (Fsp3) is 0.0625. The van der Waals surface area contributed by atoms with Gasteiger partial charge in [-0.05, 0) is 29.8 Å². The van der Waals surface area contributed by atoms with Crippen molar-refractivity contribution in [3.05, 3.63) is 66.5 Å². The number of primary sulfonamides is 1. The van der Waals surface area contributed by atoms with Crippen LogP contribution in [0.4, 0.5) is 5.69 Å². The molecule has 0 aliphatic heterocycles. The first-order valence-electron chi connectivity index (χ1n) is 7.44. The number of nitrogens with one attached hydrogen (secondary N) is 2. The molecule has 0 aliphatic rings. The number of rotatable bonds is 6. The van der Waals surface area contributed by atoms with Crippen molar-refractivity contribution in [2.24, 2.45) is 5.14 Å². The van der Waals surface area contributed by atoms with Gasteiger partial charge in [-0.3, -0.25) is 9.89 Å². The van der Waals surface area contributed by atoms with E-state index < -0.39 is 15.3 Å². The second kappa shape index (κ2) is 9.00. The third kappa shape index (κ3) is 5.54. The molecule has 0 fully saturated rings. The predicted octanol–water partition coefficient (Wildman–Crippen LogP) is 2.35. The second-order valence-corrected chi connectivity index (χ2v) is 7.91. The summed E-state index contributed by atoms with van der Waals surface area (Å²) >= 11 is 1.23. The molecule has 0 aliphatic carbocycles. The highest BCUT2D eigenvalue weighted by Crippen LogP contribution is 2.34. The highest BCUT2D eigenvalue weighted by molar-refractivity contribution is 8.00. The Morgan fingerprint density at radius 3 is 2.33 bits per heavy atom. The van der Waals surface area contributed by atoms with E-state index in [-0.39, 0.29) is 23.2 Å². The number of nitrogens with zero attached hydrogens (tertiary/aromatic N) is 2. The van der Waals surface area contributed by atoms with E-state index >= 15 is 0 Å². The molecule has 0 radical (unpaired) electrons. The van der Waals surface area contributed by atoms with Crippen LogP contribution in [0.25, 0.3) is 0 Å². The zero-order valence-corrected chi connectivity index (χ0v) is 16.2. The van der Waals surface area contributed by atoms with Gasteiger partial charge in [-0.1, -0.05) is 42.1 Å². The zero-order valence-electron chi connectivity index (χ0n) is 13.8. The van der Waals surface area contributed by atoms with Crippen molar-refractivity contribution in [3.63, 3.8) is 0 Å². The summed E-state index contributed by atoms with van der Waals surface area (Å²) < 4.78 is 22.6. The van der Waals surface area contributed by atoms with Gasteiger partial charge in [0.1, 0.15) is 11.6 Å². The van der Waals surface area contributed by atoms with Crippen molar-refractivity contribution < 1.29 is 13.2 Å². The average Bonchev–Trinajstić information content (AvgIpc) is 3.13. The fourth-order valence-electron chi connectivity index (χ4n) is 2.20. The lowest BCUT2D eigenvalue weighted by Gasteiger charge is -2.15. The number of halogens is 1. The number of aromatic amines is 1. The van der Waals surface area contributed by atoms with Crippen LogP contribution in [-0.4, -0.2) is 29.5 Å². The lowest BCUT2D eigenvalue weighted by Crippen LogP contribution is -2.19. The van der Waals surface area contributed by atoms with Gasteiger partial charge in [-0.2, -0.15) is 5.10 Å². The smallest absolute Gasteiger partial charge is 0.242 e. The number of carbonyl (C=O) groups excluding carboxylic acids is 1. The normalized spacial score (nSPS) is 12.0. The first-order chi connectivity index (χ1) is 12.4. The predicted molar refractivity (Wildman–Crippen MR) is 105 cm³/mol. The number of aromatic nitrogens is 3. The van der Waals surface area contributed by atoms with E-state index in [9.17, 15) is 13.2 Å². The van der Waals surface area contributed by atoms with Crippen molar-refractivity contribution in [2.75, 3.05) is 5.32 Å². The Kier molecular flexibility index (Phi) is 6.97. The first-order valence-corrected chi connectivity index (χ1v) is 9.87. The average molecular weight is 426 g/mol. The van der Waals surface area contributed by atoms with Gasteiger partial charge in [0.25, 0.3) is 0 Å². The van der Waals surface area contributed by atoms with Gasteiger partial charge < -0.3 is 5.32 Å². The van der Waals surface area contributed by atoms with E-state index in [0.717, 1.165) is 5.56 Å². The molecule has 4 N–H and O–H groups in total. The van der Waals surface area contributed by atoms with Gasteiger partial charge in [0.15, 0.2) is 5.16 Å². The molecule has 1 aromatic heterocycles. The molecule has 0 spiro atoms. The van der Waals surface area contributed by atoms with Crippen molar-refractivity contribution in [3.8, 4) is 0 Å². The number of benzene rings is 2. The van der Waals surface area contributed by atoms with Crippen molar-refractivity contribution in [1.82, 2.24) is 15.2 Å². The Bertz CT molecular complexity index is 981. The summed E-state index contributed by atoms with van der Waals surface area (Å²) in [5.74, 6) is -0.277. The highest BCUT2D eigenvalue weighted by atomic mass is 35.5. The number of thioether (sulfide) groups is 1. The Labute approximate surface area is 166 Å². The topological polar surface area (TPSA) is 131 Å². The van der Waals surface area contributed by atoms with Crippen LogP contribution < -0.4 is 10.5 Å². The second-order valence-electron chi connectivity index (χ2n) is 5.26. The van der Waals surface area contributed by atoms with E-state index in [1.54, 1.807) is 0 Å². The maximum atomic E-state index is 12.8. The van der Waals surface area contributed by atoms with E-state index in [1.165, 1.54) is 42.4 Å². The Morgan fingerprint density at radius 1 is 1.11 bits per heavy atom. The van der Waals surface area contributed by atoms with Gasteiger partial charge in [-0.15, -0.1) is 12.4 Å². The zero-order chi connectivity index (χ0) is 18.6. The molecule has 1 unspecified atom stereocenters. The molecule has 3 aromatic rings. The summed E-state index contributed by atoms with van der Waals surface area (Å²) in [4.78, 5) is 16.8. The quantitative estimate of drug-likeness (QED) is 0.519. The molecule has 0 saturated heterocycles. The third-order valence-corrected chi connectivity index (χ3v) is 5.48. The van der Waals surface area contributed by atoms with Gasteiger partial charge >= 0.3 is 0 Å². The summed E-state index contributed by atoms with van der Waals surface area (Å²) in [6, 6.07) is 14.9. The number of hydrogen-bond acceptors (Lipinski definition) is 6. The lowest BCUT2D eigenvalue weighted by atomic mass is 10.1. The molecule has 8 nitrogen and oxygen atoms in total. The van der Waals surface area contributed by atoms with E-state index in [1.807, 2.05) is 30.3 Å². The molecule has 1 heterocycles. The Hall–Kier alpha value is -2.40. The number of H-pyrrole nitrogens is 1. The van der Waals surface area contributed by atoms with Gasteiger partial charge in [0.05, 0.1) is 4.90 Å². The number of amides is 1. The van der Waals surface area contributed by atoms with Crippen LogP contribution in [0.2, 0.25) is 0 Å². The number of sulfonamides is 1. The van der Waals surface area contributed by atoms with Gasteiger partial charge in [0, 0.05) is 5.69 Å². The maximum Gasteiger partial charge on any atom is 0.242 e. The number of carbonyl (C=O) groups is 1. The molecular formula is C16H16ClN5O3S2. The maximum absolute atomic E-state index is 12.8. The van der Waals surface area contributed by atoms with Crippen LogP contribution in [0.3, 0.4) is 0 Å². The van der Waals surface area contributed by atoms with Crippen molar-refractivity contribution in [2.45, 2.75) is 15.3 Å². The number of hydrogen-bond donors (Lipinski definition) is 3. The van der Waals surface area contributed by atoms with Crippen molar-refractivity contribution in [1.29, 1.82) is 0 Å². The molecule has 11 heteroatoms. The van der Waals surface area contributed by atoms with E-state index in [2.05, 4.69) is 20.5 Å². The van der Waals surface area contributed by atoms with E-state index in [4.69, 9.17) is 5.14 Å². The first kappa shape index (κ1) is 20.9. The molecule has 1 amide bonds. The fourth-order valence-corrected chi connectivity index (χ4v) is 3.61. The third-order valence-electron chi connectivity index (χ3n) is 3.41. The molecule has 3 rings (SSSR count). The van der Waals surface area contributed by atoms with Crippen LogP contribution in [0.15, 0.2) is 71.0 Å². The number of nitrogens with two attached hydrogens (primary N) is 1. The molecule has 142 valence electrons. The van der Waals surface area contributed by atoms with E-state index in [0.29, 0.717) is 10.8 Å². The van der Waals surface area contributed by atoms with Crippen LogP contribution in [0.5, 0.6) is 0 Å². The monoisotopic (exact) mass is 425 g/mol. The SMILES string of the molecule is Cl.NS(=O)(=O)c1ccc(NC(=O)C(Sc2ncn[nH]2)c2ccccc2)cc1. The largest absolute Gasteiger partial charge is 0.325 e. The van der Waals surface area contributed by atoms with Crippen LogP contribution in [-0.2, 0) is 14.8 Å². The minimum Gasteiger partial charge on any atom is -0.325 e.